The molecular formula is C12H26O3Si. The minimum Gasteiger partial charge on any atom is -0.392 e. The van der Waals surface area contributed by atoms with Gasteiger partial charge in [-0.1, -0.05) is 6.92 Å². The van der Waals surface area contributed by atoms with Gasteiger partial charge in [0, 0.05) is 23.7 Å². The Balaban J connectivity index is 2.61. The number of hydrogen-bond acceptors (Lipinski definition) is 3. The van der Waals surface area contributed by atoms with Crippen LogP contribution in [0.2, 0.25) is 12.6 Å². The van der Waals surface area contributed by atoms with Crippen molar-refractivity contribution < 1.29 is 13.6 Å². The van der Waals surface area contributed by atoms with Crippen molar-refractivity contribution in [1.29, 1.82) is 0 Å². The molecule has 96 valence electrons. The zero-order valence-electron chi connectivity index (χ0n) is 11.5. The molecule has 0 radical (unpaired) electrons. The predicted octanol–water partition coefficient (Wildman–Crippen LogP) is 2.94. The number of rotatable bonds is 6. The second-order valence-corrected chi connectivity index (χ2v) is 9.04. The maximum absolute atomic E-state index is 6.08. The monoisotopic (exact) mass is 246 g/mol. The van der Waals surface area contributed by atoms with Crippen molar-refractivity contribution >= 4 is 8.56 Å². The first kappa shape index (κ1) is 14.2. The standard InChI is InChI=1S/C12H26O3Si/c1-10(2)14-16(6,15-11(3)4)9-12(5)7-13-8-12/h10-11H,7-9H2,1-6H3. The van der Waals surface area contributed by atoms with Gasteiger partial charge in [0.25, 0.3) is 0 Å². The van der Waals surface area contributed by atoms with Crippen LogP contribution in [-0.2, 0) is 13.6 Å². The largest absolute Gasteiger partial charge is 0.392 e. The summed E-state index contributed by atoms with van der Waals surface area (Å²) < 4.78 is 17.5. The van der Waals surface area contributed by atoms with Crippen LogP contribution in [0.5, 0.6) is 0 Å². The third-order valence-corrected chi connectivity index (χ3v) is 6.05. The molecule has 1 rings (SSSR count). The molecule has 1 aliphatic rings. The van der Waals surface area contributed by atoms with E-state index in [1.165, 1.54) is 0 Å². The first-order valence-electron chi connectivity index (χ1n) is 6.18. The summed E-state index contributed by atoms with van der Waals surface area (Å²) in [4.78, 5) is 0. The molecule has 1 aliphatic heterocycles. The highest BCUT2D eigenvalue weighted by molar-refractivity contribution is 6.66. The smallest absolute Gasteiger partial charge is 0.336 e. The van der Waals surface area contributed by atoms with Gasteiger partial charge < -0.3 is 13.6 Å². The fourth-order valence-electron chi connectivity index (χ4n) is 2.44. The highest BCUT2D eigenvalue weighted by Crippen LogP contribution is 2.37. The lowest BCUT2D eigenvalue weighted by Gasteiger charge is -2.43. The van der Waals surface area contributed by atoms with Gasteiger partial charge in [0.15, 0.2) is 0 Å². The second-order valence-electron chi connectivity index (χ2n) is 5.95. The van der Waals surface area contributed by atoms with E-state index < -0.39 is 8.56 Å². The molecule has 1 heterocycles. The van der Waals surface area contributed by atoms with E-state index >= 15 is 0 Å². The molecule has 0 atom stereocenters. The fraction of sp³-hybridized carbons (Fsp3) is 1.00. The lowest BCUT2D eigenvalue weighted by Crippen LogP contribution is -2.52. The van der Waals surface area contributed by atoms with Gasteiger partial charge in [0.2, 0.25) is 0 Å². The molecule has 0 aliphatic carbocycles. The van der Waals surface area contributed by atoms with Gasteiger partial charge in [0.05, 0.1) is 13.2 Å². The second kappa shape index (κ2) is 5.17. The summed E-state index contributed by atoms with van der Waals surface area (Å²) in [6, 6.07) is 1.02. The zero-order chi connectivity index (χ0) is 12.4. The molecule has 3 nitrogen and oxygen atoms in total. The summed E-state index contributed by atoms with van der Waals surface area (Å²) in [5.74, 6) is 0. The van der Waals surface area contributed by atoms with E-state index in [4.69, 9.17) is 13.6 Å². The summed E-state index contributed by atoms with van der Waals surface area (Å²) in [5.41, 5.74) is 0.269. The highest BCUT2D eigenvalue weighted by Gasteiger charge is 2.45. The van der Waals surface area contributed by atoms with Crippen LogP contribution in [0.1, 0.15) is 34.6 Å². The van der Waals surface area contributed by atoms with Crippen LogP contribution < -0.4 is 0 Å². The summed E-state index contributed by atoms with van der Waals surface area (Å²) >= 11 is 0. The molecule has 0 spiro atoms. The molecule has 0 amide bonds. The SMILES string of the molecule is CC(C)O[Si](C)(CC1(C)COC1)OC(C)C. The van der Waals surface area contributed by atoms with Gasteiger partial charge in [-0.2, -0.15) is 0 Å². The molecule has 1 saturated heterocycles. The van der Waals surface area contributed by atoms with E-state index in [-0.39, 0.29) is 17.6 Å². The molecule has 0 aromatic rings. The summed E-state index contributed by atoms with van der Waals surface area (Å²) in [6.07, 6.45) is 0.472. The lowest BCUT2D eigenvalue weighted by atomic mass is 9.91. The Morgan fingerprint density at radius 3 is 1.81 bits per heavy atom. The predicted molar refractivity (Wildman–Crippen MR) is 67.8 cm³/mol. The molecule has 16 heavy (non-hydrogen) atoms. The third kappa shape index (κ3) is 4.16. The topological polar surface area (TPSA) is 27.7 Å². The minimum absolute atomic E-state index is 0.236. The molecule has 0 N–H and O–H groups in total. The van der Waals surface area contributed by atoms with Crippen molar-refractivity contribution in [3.8, 4) is 0 Å². The normalized spacial score (nSPS) is 20.2. The lowest BCUT2D eigenvalue weighted by molar-refractivity contribution is -0.0953. The summed E-state index contributed by atoms with van der Waals surface area (Å²) in [6.45, 7) is 14.4. The quantitative estimate of drug-likeness (QED) is 0.674. The van der Waals surface area contributed by atoms with Gasteiger partial charge in [-0.25, -0.2) is 0 Å². The summed E-state index contributed by atoms with van der Waals surface area (Å²) in [5, 5.41) is 0. The summed E-state index contributed by atoms with van der Waals surface area (Å²) in [7, 11) is -2.06. The van der Waals surface area contributed by atoms with Gasteiger partial charge >= 0.3 is 8.56 Å². The Morgan fingerprint density at radius 1 is 1.12 bits per heavy atom. The van der Waals surface area contributed by atoms with E-state index in [9.17, 15) is 0 Å². The van der Waals surface area contributed by atoms with E-state index in [1.807, 2.05) is 0 Å². The van der Waals surface area contributed by atoms with Crippen molar-refractivity contribution in [3.63, 3.8) is 0 Å². The van der Waals surface area contributed by atoms with Gasteiger partial charge in [-0.3, -0.25) is 0 Å². The minimum atomic E-state index is -2.06. The van der Waals surface area contributed by atoms with E-state index in [0.29, 0.717) is 0 Å². The van der Waals surface area contributed by atoms with Crippen LogP contribution in [-0.4, -0.2) is 34.0 Å². The maximum atomic E-state index is 6.08. The van der Waals surface area contributed by atoms with Crippen molar-refractivity contribution in [2.75, 3.05) is 13.2 Å². The van der Waals surface area contributed by atoms with Crippen LogP contribution in [0.25, 0.3) is 0 Å². The Hall–Kier alpha value is 0.0969. The molecule has 4 heteroatoms. The first-order valence-corrected chi connectivity index (χ1v) is 8.70. The van der Waals surface area contributed by atoms with Crippen molar-refractivity contribution in [3.05, 3.63) is 0 Å². The molecule has 0 aromatic heterocycles. The average Bonchev–Trinajstić information content (AvgIpc) is 1.96. The Kier molecular flexibility index (Phi) is 4.57. The third-order valence-electron chi connectivity index (χ3n) is 2.62. The zero-order valence-corrected chi connectivity index (χ0v) is 12.5. The van der Waals surface area contributed by atoms with Crippen LogP contribution in [0, 0.1) is 5.41 Å². The van der Waals surface area contributed by atoms with E-state index in [0.717, 1.165) is 19.3 Å². The van der Waals surface area contributed by atoms with Crippen LogP contribution in [0.15, 0.2) is 0 Å². The van der Waals surface area contributed by atoms with Gasteiger partial charge in [0.1, 0.15) is 0 Å². The molecular weight excluding hydrogens is 220 g/mol. The molecule has 0 unspecified atom stereocenters. The molecule has 0 bridgehead atoms. The molecule has 0 aromatic carbocycles. The van der Waals surface area contributed by atoms with Crippen LogP contribution in [0.3, 0.4) is 0 Å². The van der Waals surface area contributed by atoms with Crippen molar-refractivity contribution in [2.45, 2.75) is 59.4 Å². The van der Waals surface area contributed by atoms with E-state index in [2.05, 4.69) is 41.2 Å². The van der Waals surface area contributed by atoms with Gasteiger partial charge in [-0.15, -0.1) is 0 Å². The van der Waals surface area contributed by atoms with Crippen molar-refractivity contribution in [1.82, 2.24) is 0 Å². The Morgan fingerprint density at radius 2 is 1.56 bits per heavy atom. The van der Waals surface area contributed by atoms with Crippen LogP contribution in [0.4, 0.5) is 0 Å². The first-order chi connectivity index (χ1) is 7.25. The average molecular weight is 246 g/mol. The Labute approximate surface area is 101 Å². The molecule has 0 saturated carbocycles. The van der Waals surface area contributed by atoms with E-state index in [1.54, 1.807) is 0 Å². The fourth-order valence-corrected chi connectivity index (χ4v) is 6.41. The van der Waals surface area contributed by atoms with Gasteiger partial charge in [-0.05, 0) is 34.2 Å². The molecule has 1 fully saturated rings. The number of ether oxygens (including phenoxy) is 1. The maximum Gasteiger partial charge on any atom is 0.336 e. The Bertz CT molecular complexity index is 214. The van der Waals surface area contributed by atoms with Crippen LogP contribution >= 0.6 is 0 Å². The number of hydrogen-bond donors (Lipinski definition) is 0. The van der Waals surface area contributed by atoms with Crippen molar-refractivity contribution in [2.24, 2.45) is 5.41 Å². The highest BCUT2D eigenvalue weighted by atomic mass is 28.4.